The van der Waals surface area contributed by atoms with Crippen LogP contribution in [0.25, 0.3) is 22.6 Å². The van der Waals surface area contributed by atoms with Gasteiger partial charge in [0.2, 0.25) is 0 Å². The van der Waals surface area contributed by atoms with Gasteiger partial charge < -0.3 is 14.0 Å². The third-order valence-electron chi connectivity index (χ3n) is 7.14. The Bertz CT molecular complexity index is 1160. The maximum absolute atomic E-state index is 13.4. The number of ether oxygens (including phenoxy) is 2. The van der Waals surface area contributed by atoms with Crippen molar-refractivity contribution in [3.05, 3.63) is 54.5 Å². The number of aromatic nitrogens is 3. The van der Waals surface area contributed by atoms with E-state index < -0.39 is 19.9 Å². The molecule has 3 aromatic rings. The van der Waals surface area contributed by atoms with Crippen molar-refractivity contribution in [2.75, 3.05) is 6.61 Å². The van der Waals surface area contributed by atoms with Gasteiger partial charge in [0.15, 0.2) is 5.69 Å². The Hall–Kier alpha value is -2.65. The van der Waals surface area contributed by atoms with Crippen molar-refractivity contribution in [1.29, 1.82) is 0 Å². The lowest BCUT2D eigenvalue weighted by Gasteiger charge is -2.28. The van der Waals surface area contributed by atoms with Gasteiger partial charge in [0.25, 0.3) is 0 Å². The number of nitrogens with zero attached hydrogens (tertiary/aromatic N) is 3. The zero-order chi connectivity index (χ0) is 27.3. The van der Waals surface area contributed by atoms with E-state index in [9.17, 15) is 13.2 Å². The molecule has 2 aromatic heterocycles. The molecule has 4 rings (SSSR count). The molecule has 1 saturated carbocycles. The Morgan fingerprint density at radius 1 is 0.974 bits per heavy atom. The summed E-state index contributed by atoms with van der Waals surface area (Å²) in [5.74, 6) is 1.86. The van der Waals surface area contributed by atoms with Crippen molar-refractivity contribution in [1.82, 2.24) is 14.5 Å². The van der Waals surface area contributed by atoms with Crippen LogP contribution in [-0.4, -0.2) is 35.3 Å². The van der Waals surface area contributed by atoms with Crippen molar-refractivity contribution in [3.8, 4) is 28.4 Å². The number of imidazole rings is 1. The van der Waals surface area contributed by atoms with Crippen LogP contribution in [0.15, 0.2) is 48.8 Å². The molecule has 1 aliphatic carbocycles. The van der Waals surface area contributed by atoms with Gasteiger partial charge in [0.1, 0.15) is 18.3 Å². The number of hydrogen-bond donors (Lipinski definition) is 0. The third kappa shape index (κ3) is 7.69. The highest BCUT2D eigenvalue weighted by Crippen LogP contribution is 2.32. The molecule has 206 valence electrons. The minimum absolute atomic E-state index is 0.00615. The van der Waals surface area contributed by atoms with Crippen LogP contribution in [0.3, 0.4) is 0 Å². The molecular weight excluding hydrogens is 507 g/mol. The van der Waals surface area contributed by atoms with Gasteiger partial charge in [-0.1, -0.05) is 33.0 Å². The second kappa shape index (κ2) is 12.0. The lowest BCUT2D eigenvalue weighted by molar-refractivity contribution is -0.141. The van der Waals surface area contributed by atoms with Crippen LogP contribution < -0.4 is 4.74 Å². The van der Waals surface area contributed by atoms with Crippen molar-refractivity contribution in [2.24, 2.45) is 5.92 Å². The van der Waals surface area contributed by atoms with Crippen LogP contribution in [0.2, 0.25) is 25.7 Å². The molecule has 0 unspecified atom stereocenters. The number of halogens is 3. The summed E-state index contributed by atoms with van der Waals surface area (Å²) in [6.07, 6.45) is 4.18. The first-order valence-electron chi connectivity index (χ1n) is 13.5. The van der Waals surface area contributed by atoms with E-state index in [1.807, 2.05) is 24.3 Å². The fourth-order valence-corrected chi connectivity index (χ4v) is 5.43. The van der Waals surface area contributed by atoms with E-state index in [1.165, 1.54) is 23.8 Å². The van der Waals surface area contributed by atoms with Gasteiger partial charge in [0, 0.05) is 38.2 Å². The summed E-state index contributed by atoms with van der Waals surface area (Å²) >= 11 is 0. The second-order valence-electron chi connectivity index (χ2n) is 11.4. The van der Waals surface area contributed by atoms with Crippen LogP contribution >= 0.6 is 0 Å². The van der Waals surface area contributed by atoms with Crippen LogP contribution in [-0.2, 0) is 17.6 Å². The molecule has 0 saturated heterocycles. The lowest BCUT2D eigenvalue weighted by atomic mass is 9.86. The van der Waals surface area contributed by atoms with E-state index in [1.54, 1.807) is 18.3 Å². The highest BCUT2D eigenvalue weighted by atomic mass is 28.3. The third-order valence-corrected chi connectivity index (χ3v) is 8.84. The SMILES string of the molecule is CCC1CCC(Oc2ccc(-c3ccc(-c4nc(C(F)(F)F)cn4COCC[Si](C)(C)C)cn3)cc2)CC1. The smallest absolute Gasteiger partial charge is 0.434 e. The summed E-state index contributed by atoms with van der Waals surface area (Å²) in [6, 6.07) is 12.3. The molecule has 0 aliphatic heterocycles. The van der Waals surface area contributed by atoms with Crippen LogP contribution in [0.5, 0.6) is 5.75 Å². The molecule has 0 spiro atoms. The zero-order valence-corrected chi connectivity index (χ0v) is 23.7. The quantitative estimate of drug-likeness (QED) is 0.190. The molecule has 0 N–H and O–H groups in total. The van der Waals surface area contributed by atoms with E-state index in [0.29, 0.717) is 12.2 Å². The van der Waals surface area contributed by atoms with E-state index in [0.717, 1.165) is 48.0 Å². The highest BCUT2D eigenvalue weighted by molar-refractivity contribution is 6.76. The first kappa shape index (κ1) is 28.4. The largest absolute Gasteiger partial charge is 0.490 e. The molecule has 38 heavy (non-hydrogen) atoms. The predicted molar refractivity (Wildman–Crippen MR) is 147 cm³/mol. The molecule has 1 aliphatic rings. The van der Waals surface area contributed by atoms with E-state index in [2.05, 4.69) is 36.5 Å². The summed E-state index contributed by atoms with van der Waals surface area (Å²) in [7, 11) is -1.30. The van der Waals surface area contributed by atoms with Crippen LogP contribution in [0.1, 0.15) is 44.7 Å². The number of pyridine rings is 1. The van der Waals surface area contributed by atoms with Gasteiger partial charge in [0.05, 0.1) is 11.8 Å². The standard InChI is InChI=1S/C29H38F3N3O2Si/c1-5-21-6-11-24(12-7-21)37-25-13-8-22(9-14-25)26-15-10-23(18-33-26)28-34-27(29(30,31)32)19-35(28)20-36-16-17-38(2,3)4/h8-10,13-15,18-19,21,24H,5-7,11-12,16-17,20H2,1-4H3. The summed E-state index contributed by atoms with van der Waals surface area (Å²) in [4.78, 5) is 8.39. The lowest BCUT2D eigenvalue weighted by Crippen LogP contribution is -2.23. The van der Waals surface area contributed by atoms with Crippen molar-refractivity contribution in [2.45, 2.75) is 83.7 Å². The van der Waals surface area contributed by atoms with Gasteiger partial charge >= 0.3 is 6.18 Å². The first-order chi connectivity index (χ1) is 18.0. The Morgan fingerprint density at radius 2 is 1.66 bits per heavy atom. The number of benzene rings is 1. The Balaban J connectivity index is 1.44. The van der Waals surface area contributed by atoms with Gasteiger partial charge in [-0.15, -0.1) is 0 Å². The number of alkyl halides is 3. The molecule has 1 aromatic carbocycles. The maximum atomic E-state index is 13.4. The van der Waals surface area contributed by atoms with Crippen LogP contribution in [0, 0.1) is 5.92 Å². The van der Waals surface area contributed by atoms with Gasteiger partial charge in [-0.25, -0.2) is 4.98 Å². The molecule has 0 atom stereocenters. The van der Waals surface area contributed by atoms with Gasteiger partial charge in [-0.2, -0.15) is 13.2 Å². The van der Waals surface area contributed by atoms with E-state index in [4.69, 9.17) is 9.47 Å². The molecule has 0 bridgehead atoms. The number of rotatable bonds is 10. The predicted octanol–water partition coefficient (Wildman–Crippen LogP) is 8.29. The molecule has 0 radical (unpaired) electrons. The average molecular weight is 546 g/mol. The minimum atomic E-state index is -4.54. The second-order valence-corrected chi connectivity index (χ2v) is 17.0. The minimum Gasteiger partial charge on any atom is -0.490 e. The monoisotopic (exact) mass is 545 g/mol. The fraction of sp³-hybridized carbons (Fsp3) is 0.517. The molecule has 2 heterocycles. The summed E-state index contributed by atoms with van der Waals surface area (Å²) in [6.45, 7) is 9.45. The van der Waals surface area contributed by atoms with E-state index >= 15 is 0 Å². The summed E-state index contributed by atoms with van der Waals surface area (Å²) in [5, 5.41) is 0. The maximum Gasteiger partial charge on any atom is 0.434 e. The van der Waals surface area contributed by atoms with Gasteiger partial charge in [-0.3, -0.25) is 4.98 Å². The first-order valence-corrected chi connectivity index (χ1v) is 17.2. The number of hydrogen-bond acceptors (Lipinski definition) is 4. The Labute approximate surface area is 224 Å². The molecule has 9 heteroatoms. The summed E-state index contributed by atoms with van der Waals surface area (Å²) < 4.78 is 53.5. The normalized spacial score (nSPS) is 18.5. The molecular formula is C29H38F3N3O2Si. The average Bonchev–Trinajstić information content (AvgIpc) is 3.32. The molecule has 1 fully saturated rings. The van der Waals surface area contributed by atoms with Crippen molar-refractivity contribution < 1.29 is 22.6 Å². The Kier molecular flexibility index (Phi) is 8.98. The van der Waals surface area contributed by atoms with Crippen molar-refractivity contribution in [3.63, 3.8) is 0 Å². The van der Waals surface area contributed by atoms with Crippen LogP contribution in [0.4, 0.5) is 13.2 Å². The molecule has 0 amide bonds. The Morgan fingerprint density at radius 3 is 2.24 bits per heavy atom. The highest BCUT2D eigenvalue weighted by Gasteiger charge is 2.35. The molecule has 5 nitrogen and oxygen atoms in total. The van der Waals surface area contributed by atoms with Gasteiger partial charge in [-0.05, 0) is 74.0 Å². The van der Waals surface area contributed by atoms with Crippen molar-refractivity contribution >= 4 is 8.07 Å². The fourth-order valence-electron chi connectivity index (χ4n) is 4.67. The topological polar surface area (TPSA) is 49.2 Å². The zero-order valence-electron chi connectivity index (χ0n) is 22.7. The summed E-state index contributed by atoms with van der Waals surface area (Å²) in [5.41, 5.74) is 1.20. The van der Waals surface area contributed by atoms with E-state index in [-0.39, 0.29) is 18.7 Å².